The Kier molecular flexibility index (Phi) is 8.87. The summed E-state index contributed by atoms with van der Waals surface area (Å²) in [5.74, 6) is 2.96. The fourth-order valence-corrected chi connectivity index (χ4v) is 3.49. The molecule has 2 aromatic rings. The number of nitrogens with zero attached hydrogens (tertiary/aromatic N) is 2. The molecule has 1 aromatic heterocycles. The second-order valence-corrected chi connectivity index (χ2v) is 7.16. The summed E-state index contributed by atoms with van der Waals surface area (Å²) >= 11 is 1.71. The van der Waals surface area contributed by atoms with Gasteiger partial charge >= 0.3 is 0 Å². The second-order valence-electron chi connectivity index (χ2n) is 5.96. The Morgan fingerprint density at radius 3 is 2.32 bits per heavy atom. The molecule has 2 rings (SSSR count). The highest BCUT2D eigenvalue weighted by Gasteiger charge is 2.13. The summed E-state index contributed by atoms with van der Waals surface area (Å²) in [4.78, 5) is 10.3. The maximum atomic E-state index is 5.51. The lowest BCUT2D eigenvalue weighted by Gasteiger charge is -2.16. The van der Waals surface area contributed by atoms with Crippen LogP contribution in [-0.2, 0) is 19.4 Å². The quantitative estimate of drug-likeness (QED) is 0.467. The third-order valence-corrected chi connectivity index (χ3v) is 5.28. The Morgan fingerprint density at radius 1 is 1.07 bits per heavy atom. The summed E-state index contributed by atoms with van der Waals surface area (Å²) in [6.07, 6.45) is 3.65. The molecule has 7 nitrogen and oxygen atoms in total. The first kappa shape index (κ1) is 21.8. The number of ether oxygens (including phenoxy) is 3. The summed E-state index contributed by atoms with van der Waals surface area (Å²) < 4.78 is 16.3. The van der Waals surface area contributed by atoms with Gasteiger partial charge in [-0.3, -0.25) is 0 Å². The summed E-state index contributed by atoms with van der Waals surface area (Å²) in [5, 5.41) is 7.65. The van der Waals surface area contributed by atoms with E-state index in [0.717, 1.165) is 47.4 Å². The maximum absolute atomic E-state index is 5.51. The maximum Gasteiger partial charge on any atom is 0.191 e. The van der Waals surface area contributed by atoms with Gasteiger partial charge in [-0.05, 0) is 19.8 Å². The van der Waals surface area contributed by atoms with Gasteiger partial charge in [0.2, 0.25) is 0 Å². The van der Waals surface area contributed by atoms with Crippen molar-refractivity contribution in [3.8, 4) is 17.2 Å². The average Bonchev–Trinajstić information content (AvgIpc) is 3.19. The molecule has 0 amide bonds. The normalized spacial score (nSPS) is 11.2. The third kappa shape index (κ3) is 6.02. The van der Waals surface area contributed by atoms with E-state index in [2.05, 4.69) is 27.5 Å². The van der Waals surface area contributed by atoms with Crippen molar-refractivity contribution in [1.82, 2.24) is 15.6 Å². The van der Waals surface area contributed by atoms with Gasteiger partial charge in [-0.2, -0.15) is 0 Å². The number of guanidine groups is 1. The van der Waals surface area contributed by atoms with Crippen LogP contribution in [0.25, 0.3) is 0 Å². The standard InChI is InChI=1S/C20H30N4O3S/c1-6-15-12-23-19(28-15)13-24-20(21-7-2)22-9-8-16-17(26-4)10-14(25-3)11-18(16)27-5/h10-12H,6-9,13H2,1-5H3,(H2,21,22,24). The second kappa shape index (κ2) is 11.4. The molecule has 0 saturated carbocycles. The van der Waals surface area contributed by atoms with Crippen LogP contribution >= 0.6 is 11.3 Å². The lowest BCUT2D eigenvalue weighted by Crippen LogP contribution is -2.38. The minimum atomic E-state index is 0.565. The largest absolute Gasteiger partial charge is 0.496 e. The molecule has 0 aliphatic heterocycles. The van der Waals surface area contributed by atoms with E-state index in [1.54, 1.807) is 32.7 Å². The predicted molar refractivity (Wildman–Crippen MR) is 114 cm³/mol. The summed E-state index contributed by atoms with van der Waals surface area (Å²) in [7, 11) is 4.92. The highest BCUT2D eigenvalue weighted by atomic mass is 32.1. The number of benzene rings is 1. The monoisotopic (exact) mass is 406 g/mol. The van der Waals surface area contributed by atoms with Crippen LogP contribution < -0.4 is 24.8 Å². The molecule has 1 heterocycles. The van der Waals surface area contributed by atoms with Crippen LogP contribution in [-0.4, -0.2) is 45.4 Å². The van der Waals surface area contributed by atoms with Crippen molar-refractivity contribution in [3.63, 3.8) is 0 Å². The van der Waals surface area contributed by atoms with E-state index in [9.17, 15) is 0 Å². The molecule has 154 valence electrons. The molecule has 0 fully saturated rings. The molecule has 28 heavy (non-hydrogen) atoms. The van der Waals surface area contributed by atoms with Gasteiger partial charge in [0.15, 0.2) is 5.96 Å². The zero-order valence-corrected chi connectivity index (χ0v) is 18.1. The van der Waals surface area contributed by atoms with Gasteiger partial charge in [0, 0.05) is 41.9 Å². The van der Waals surface area contributed by atoms with Crippen LogP contribution in [0.3, 0.4) is 0 Å². The molecule has 0 spiro atoms. The van der Waals surface area contributed by atoms with E-state index >= 15 is 0 Å². The number of aromatic nitrogens is 1. The van der Waals surface area contributed by atoms with Crippen molar-refractivity contribution in [2.45, 2.75) is 33.2 Å². The first-order chi connectivity index (χ1) is 13.6. The van der Waals surface area contributed by atoms with Crippen molar-refractivity contribution in [2.24, 2.45) is 4.99 Å². The molecule has 1 aromatic carbocycles. The highest BCUT2D eigenvalue weighted by Crippen LogP contribution is 2.34. The highest BCUT2D eigenvalue weighted by molar-refractivity contribution is 7.11. The van der Waals surface area contributed by atoms with Gasteiger partial charge in [-0.25, -0.2) is 9.98 Å². The molecule has 0 aliphatic carbocycles. The lowest BCUT2D eigenvalue weighted by atomic mass is 10.1. The lowest BCUT2D eigenvalue weighted by molar-refractivity contribution is 0.368. The van der Waals surface area contributed by atoms with Crippen LogP contribution in [0.2, 0.25) is 0 Å². The van der Waals surface area contributed by atoms with Gasteiger partial charge in [0.25, 0.3) is 0 Å². The Hall–Kier alpha value is -2.48. The number of aryl methyl sites for hydroxylation is 1. The SMILES string of the molecule is CCNC(=NCc1ncc(CC)s1)NCCc1c(OC)cc(OC)cc1OC. The van der Waals surface area contributed by atoms with Gasteiger partial charge < -0.3 is 24.8 Å². The minimum absolute atomic E-state index is 0.565. The molecule has 0 saturated heterocycles. The van der Waals surface area contributed by atoms with E-state index in [1.807, 2.05) is 25.3 Å². The van der Waals surface area contributed by atoms with E-state index < -0.39 is 0 Å². The fraction of sp³-hybridized carbons (Fsp3) is 0.500. The summed E-state index contributed by atoms with van der Waals surface area (Å²) in [5.41, 5.74) is 0.988. The Morgan fingerprint density at radius 2 is 1.79 bits per heavy atom. The molecule has 0 atom stereocenters. The van der Waals surface area contributed by atoms with Crippen molar-refractivity contribution < 1.29 is 14.2 Å². The number of aliphatic imine (C=N–C) groups is 1. The van der Waals surface area contributed by atoms with E-state index in [4.69, 9.17) is 14.2 Å². The molecule has 2 N–H and O–H groups in total. The van der Waals surface area contributed by atoms with Gasteiger partial charge in [-0.1, -0.05) is 6.92 Å². The van der Waals surface area contributed by atoms with Crippen LogP contribution in [0.15, 0.2) is 23.3 Å². The zero-order chi connectivity index (χ0) is 20.4. The van der Waals surface area contributed by atoms with E-state index in [-0.39, 0.29) is 0 Å². The van der Waals surface area contributed by atoms with E-state index in [1.165, 1.54) is 4.88 Å². The topological polar surface area (TPSA) is 77.0 Å². The number of nitrogens with one attached hydrogen (secondary N) is 2. The molecule has 0 radical (unpaired) electrons. The Bertz CT molecular complexity index is 752. The smallest absolute Gasteiger partial charge is 0.191 e. The van der Waals surface area contributed by atoms with Crippen molar-refractivity contribution >= 4 is 17.3 Å². The van der Waals surface area contributed by atoms with Crippen LogP contribution in [0.5, 0.6) is 17.2 Å². The summed E-state index contributed by atoms with van der Waals surface area (Å²) in [6.45, 7) is 6.22. The number of hydrogen-bond donors (Lipinski definition) is 2. The van der Waals surface area contributed by atoms with Gasteiger partial charge in [0.1, 0.15) is 22.3 Å². The molecule has 0 unspecified atom stereocenters. The van der Waals surface area contributed by atoms with Crippen LogP contribution in [0.1, 0.15) is 29.3 Å². The number of rotatable bonds is 10. The third-order valence-electron chi connectivity index (χ3n) is 4.15. The molecule has 8 heteroatoms. The molecule has 0 aliphatic rings. The first-order valence-corrected chi connectivity index (χ1v) is 10.2. The van der Waals surface area contributed by atoms with Crippen LogP contribution in [0.4, 0.5) is 0 Å². The van der Waals surface area contributed by atoms with Crippen molar-refractivity contribution in [3.05, 3.63) is 33.8 Å². The minimum Gasteiger partial charge on any atom is -0.496 e. The first-order valence-electron chi connectivity index (χ1n) is 9.39. The van der Waals surface area contributed by atoms with Crippen molar-refractivity contribution in [2.75, 3.05) is 34.4 Å². The number of thiazole rings is 1. The molecule has 0 bridgehead atoms. The number of methoxy groups -OCH3 is 3. The zero-order valence-electron chi connectivity index (χ0n) is 17.3. The van der Waals surface area contributed by atoms with Crippen molar-refractivity contribution in [1.29, 1.82) is 0 Å². The Balaban J connectivity index is 2.03. The molecular weight excluding hydrogens is 376 g/mol. The van der Waals surface area contributed by atoms with Gasteiger partial charge in [-0.15, -0.1) is 11.3 Å². The predicted octanol–water partition coefficient (Wildman–Crippen LogP) is 3.03. The Labute approximate surface area is 171 Å². The van der Waals surface area contributed by atoms with E-state index in [0.29, 0.717) is 18.8 Å². The summed E-state index contributed by atoms with van der Waals surface area (Å²) in [6, 6.07) is 3.73. The molecular formula is C20H30N4O3S. The fourth-order valence-electron chi connectivity index (χ4n) is 2.70. The van der Waals surface area contributed by atoms with Gasteiger partial charge in [0.05, 0.1) is 27.9 Å². The van der Waals surface area contributed by atoms with Crippen LogP contribution in [0, 0.1) is 0 Å². The average molecular weight is 407 g/mol. The number of hydrogen-bond acceptors (Lipinski definition) is 6.